The summed E-state index contributed by atoms with van der Waals surface area (Å²) in [6, 6.07) is 4.06. The minimum Gasteiger partial charge on any atom is -0.497 e. The molecule has 0 aliphatic carbocycles. The summed E-state index contributed by atoms with van der Waals surface area (Å²) in [5, 5.41) is 3.51. The molecule has 4 heteroatoms. The highest BCUT2D eigenvalue weighted by Gasteiger charge is 2.30. The molecule has 1 N–H and O–H groups in total. The van der Waals surface area contributed by atoms with Crippen molar-refractivity contribution in [2.45, 2.75) is 25.8 Å². The molecule has 0 spiro atoms. The van der Waals surface area contributed by atoms with Gasteiger partial charge in [0.2, 0.25) is 0 Å². The molecule has 1 aliphatic rings. The minimum atomic E-state index is -0.0365. The van der Waals surface area contributed by atoms with Gasteiger partial charge in [0, 0.05) is 17.2 Å². The molecule has 1 aromatic rings. The molecule has 17 heavy (non-hydrogen) atoms. The van der Waals surface area contributed by atoms with Crippen molar-refractivity contribution in [1.29, 1.82) is 0 Å². The van der Waals surface area contributed by atoms with Crippen molar-refractivity contribution in [3.63, 3.8) is 0 Å². The largest absolute Gasteiger partial charge is 0.497 e. The molecule has 0 saturated carbocycles. The van der Waals surface area contributed by atoms with Crippen LogP contribution < -0.4 is 14.8 Å². The van der Waals surface area contributed by atoms with Gasteiger partial charge in [-0.1, -0.05) is 0 Å². The maximum Gasteiger partial charge on any atom is 0.127 e. The Kier molecular flexibility index (Phi) is 4.28. The maximum atomic E-state index is 5.47. The van der Waals surface area contributed by atoms with E-state index in [4.69, 9.17) is 9.47 Å². The Labute approximate surface area is 109 Å². The van der Waals surface area contributed by atoms with Crippen LogP contribution in [0.25, 0.3) is 0 Å². The molecule has 96 valence electrons. The van der Waals surface area contributed by atoms with Gasteiger partial charge in [0.15, 0.2) is 0 Å². The number of hydrogen-bond donors (Lipinski definition) is 1. The van der Waals surface area contributed by atoms with E-state index in [9.17, 15) is 0 Å². The summed E-state index contributed by atoms with van der Waals surface area (Å²) in [6.45, 7) is 5.36. The molecule has 0 bridgehead atoms. The van der Waals surface area contributed by atoms with E-state index >= 15 is 0 Å². The van der Waals surface area contributed by atoms with Crippen LogP contribution in [-0.4, -0.2) is 20.8 Å². The fourth-order valence-corrected chi connectivity index (χ4v) is 2.43. The van der Waals surface area contributed by atoms with Crippen molar-refractivity contribution in [1.82, 2.24) is 5.32 Å². The van der Waals surface area contributed by atoms with Crippen molar-refractivity contribution in [2.75, 3.05) is 20.8 Å². The molecule has 0 aromatic heterocycles. The number of halogens is 1. The van der Waals surface area contributed by atoms with Crippen LogP contribution >= 0.6 is 12.4 Å². The molecule has 3 nitrogen and oxygen atoms in total. The third kappa shape index (κ3) is 2.50. The summed E-state index contributed by atoms with van der Waals surface area (Å²) in [6.07, 6.45) is 1.02. The zero-order chi connectivity index (χ0) is 11.8. The first kappa shape index (κ1) is 14.1. The van der Waals surface area contributed by atoms with E-state index in [2.05, 4.69) is 25.2 Å². The van der Waals surface area contributed by atoms with Gasteiger partial charge in [-0.3, -0.25) is 0 Å². The van der Waals surface area contributed by atoms with Gasteiger partial charge in [-0.25, -0.2) is 0 Å². The lowest BCUT2D eigenvalue weighted by Gasteiger charge is -2.35. The monoisotopic (exact) mass is 257 g/mol. The van der Waals surface area contributed by atoms with E-state index in [0.29, 0.717) is 0 Å². The summed E-state index contributed by atoms with van der Waals surface area (Å²) < 4.78 is 10.8. The van der Waals surface area contributed by atoms with Crippen LogP contribution in [-0.2, 0) is 12.0 Å². The number of fused-ring (bicyclic) bond motifs is 1. The number of ether oxygens (including phenoxy) is 2. The van der Waals surface area contributed by atoms with Gasteiger partial charge in [-0.2, -0.15) is 0 Å². The number of benzene rings is 1. The van der Waals surface area contributed by atoms with E-state index in [1.54, 1.807) is 14.2 Å². The summed E-state index contributed by atoms with van der Waals surface area (Å²) >= 11 is 0. The predicted molar refractivity (Wildman–Crippen MR) is 71.5 cm³/mol. The molecular formula is C13H20ClNO2. The van der Waals surface area contributed by atoms with Crippen LogP contribution in [0.3, 0.4) is 0 Å². The molecule has 1 aromatic carbocycles. The van der Waals surface area contributed by atoms with Gasteiger partial charge >= 0.3 is 0 Å². The average Bonchev–Trinajstić information content (AvgIpc) is 2.26. The Morgan fingerprint density at radius 1 is 1.18 bits per heavy atom. The first-order valence-electron chi connectivity index (χ1n) is 5.59. The third-order valence-corrected chi connectivity index (χ3v) is 3.20. The number of nitrogens with one attached hydrogen (secondary N) is 1. The van der Waals surface area contributed by atoms with E-state index in [1.165, 1.54) is 11.1 Å². The van der Waals surface area contributed by atoms with Crippen LogP contribution in [0.1, 0.15) is 25.0 Å². The fourth-order valence-electron chi connectivity index (χ4n) is 2.43. The maximum absolute atomic E-state index is 5.47. The summed E-state index contributed by atoms with van der Waals surface area (Å²) in [5.41, 5.74) is 2.53. The van der Waals surface area contributed by atoms with Crippen LogP contribution in [0, 0.1) is 0 Å². The van der Waals surface area contributed by atoms with Crippen LogP contribution in [0.5, 0.6) is 11.5 Å². The van der Waals surface area contributed by atoms with Gasteiger partial charge in [-0.05, 0) is 38.4 Å². The molecule has 1 heterocycles. The Morgan fingerprint density at radius 3 is 2.47 bits per heavy atom. The molecule has 0 saturated heterocycles. The van der Waals surface area contributed by atoms with Crippen molar-refractivity contribution >= 4 is 12.4 Å². The molecular weight excluding hydrogens is 238 g/mol. The van der Waals surface area contributed by atoms with Crippen molar-refractivity contribution < 1.29 is 9.47 Å². The van der Waals surface area contributed by atoms with Crippen molar-refractivity contribution in [2.24, 2.45) is 0 Å². The molecule has 0 amide bonds. The first-order valence-corrected chi connectivity index (χ1v) is 5.59. The third-order valence-electron chi connectivity index (χ3n) is 3.20. The topological polar surface area (TPSA) is 30.5 Å². The smallest absolute Gasteiger partial charge is 0.127 e. The highest BCUT2D eigenvalue weighted by atomic mass is 35.5. The Morgan fingerprint density at radius 2 is 1.88 bits per heavy atom. The summed E-state index contributed by atoms with van der Waals surface area (Å²) in [5.74, 6) is 1.78. The Hall–Kier alpha value is -0.930. The van der Waals surface area contributed by atoms with E-state index in [1.807, 2.05) is 6.07 Å². The van der Waals surface area contributed by atoms with Gasteiger partial charge < -0.3 is 14.8 Å². The summed E-state index contributed by atoms with van der Waals surface area (Å²) in [7, 11) is 3.40. The second-order valence-electron chi connectivity index (χ2n) is 4.67. The second kappa shape index (κ2) is 5.15. The quantitative estimate of drug-likeness (QED) is 0.883. The molecule has 1 aliphatic heterocycles. The standard InChI is InChI=1S/C13H19NO2.ClH/c1-13(2)12-9(5-6-14-13)7-10(15-3)8-11(12)16-4;/h7-8,14H,5-6H2,1-4H3;1H. The van der Waals surface area contributed by atoms with Crippen LogP contribution in [0.2, 0.25) is 0 Å². The van der Waals surface area contributed by atoms with E-state index in [-0.39, 0.29) is 17.9 Å². The highest BCUT2D eigenvalue weighted by molar-refractivity contribution is 5.85. The first-order chi connectivity index (χ1) is 7.58. The van der Waals surface area contributed by atoms with E-state index in [0.717, 1.165) is 24.5 Å². The Bertz CT molecular complexity index is 387. The second-order valence-corrected chi connectivity index (χ2v) is 4.67. The lowest BCUT2D eigenvalue weighted by molar-refractivity contribution is 0.339. The molecule has 0 unspecified atom stereocenters. The highest BCUT2D eigenvalue weighted by Crippen LogP contribution is 2.38. The Balaban J connectivity index is 0.00000144. The predicted octanol–water partition coefficient (Wildman–Crippen LogP) is 2.51. The molecule has 2 rings (SSSR count). The number of hydrogen-bond acceptors (Lipinski definition) is 3. The van der Waals surface area contributed by atoms with Crippen molar-refractivity contribution in [3.05, 3.63) is 23.3 Å². The number of rotatable bonds is 2. The van der Waals surface area contributed by atoms with Gasteiger partial charge in [0.25, 0.3) is 0 Å². The zero-order valence-electron chi connectivity index (χ0n) is 10.8. The summed E-state index contributed by atoms with van der Waals surface area (Å²) in [4.78, 5) is 0. The average molecular weight is 258 g/mol. The normalized spacial score (nSPS) is 16.7. The van der Waals surface area contributed by atoms with E-state index < -0.39 is 0 Å². The van der Waals surface area contributed by atoms with Gasteiger partial charge in [0.1, 0.15) is 11.5 Å². The van der Waals surface area contributed by atoms with Gasteiger partial charge in [-0.15, -0.1) is 12.4 Å². The fraction of sp³-hybridized carbons (Fsp3) is 0.538. The minimum absolute atomic E-state index is 0. The molecule has 0 fully saturated rings. The lowest BCUT2D eigenvalue weighted by atomic mass is 9.84. The lowest BCUT2D eigenvalue weighted by Crippen LogP contribution is -2.42. The van der Waals surface area contributed by atoms with Gasteiger partial charge in [0.05, 0.1) is 14.2 Å². The zero-order valence-corrected chi connectivity index (χ0v) is 11.6. The number of methoxy groups -OCH3 is 2. The van der Waals surface area contributed by atoms with Crippen LogP contribution in [0.4, 0.5) is 0 Å². The molecule has 0 atom stereocenters. The van der Waals surface area contributed by atoms with Crippen LogP contribution in [0.15, 0.2) is 12.1 Å². The SMILES string of the molecule is COc1cc2c(c(OC)c1)C(C)(C)NCC2.Cl. The van der Waals surface area contributed by atoms with Crippen molar-refractivity contribution in [3.8, 4) is 11.5 Å². The molecule has 0 radical (unpaired) electrons.